The minimum atomic E-state index is -0.310. The van der Waals surface area contributed by atoms with Gasteiger partial charge in [-0.15, -0.1) is 0 Å². The molecule has 3 aromatic rings. The molecule has 0 fully saturated rings. The number of nitrogens with one attached hydrogen (secondary N) is 1. The molecule has 0 amide bonds. The highest BCUT2D eigenvalue weighted by Crippen LogP contribution is 2.52. The van der Waals surface area contributed by atoms with Crippen molar-refractivity contribution >= 4 is 33.8 Å². The first-order chi connectivity index (χ1) is 17.8. The summed E-state index contributed by atoms with van der Waals surface area (Å²) in [4.78, 5) is 26.0. The minimum Gasteiger partial charge on any atom is -0.493 e. The van der Waals surface area contributed by atoms with E-state index in [4.69, 9.17) is 9.47 Å². The van der Waals surface area contributed by atoms with Gasteiger partial charge in [-0.3, -0.25) is 9.59 Å². The van der Waals surface area contributed by atoms with Gasteiger partial charge in [0, 0.05) is 29.7 Å². The third-order valence-corrected chi connectivity index (χ3v) is 7.47. The van der Waals surface area contributed by atoms with Crippen molar-refractivity contribution in [3.8, 4) is 11.5 Å². The maximum absolute atomic E-state index is 13.7. The number of unbranched alkanes of at least 4 members (excludes halogenated alkanes) is 2. The average molecular weight is 498 g/mol. The van der Waals surface area contributed by atoms with Gasteiger partial charge in [0.05, 0.1) is 13.2 Å². The molecule has 1 unspecified atom stereocenters. The molecule has 1 aliphatic carbocycles. The van der Waals surface area contributed by atoms with Gasteiger partial charge in [0.2, 0.25) is 0 Å². The number of methoxy groups -OCH3 is 1. The molecule has 0 saturated carbocycles. The van der Waals surface area contributed by atoms with Crippen LogP contribution >= 0.6 is 0 Å². The summed E-state index contributed by atoms with van der Waals surface area (Å²) < 4.78 is 11.2. The maximum atomic E-state index is 13.7. The lowest BCUT2D eigenvalue weighted by Gasteiger charge is -2.40. The Hall–Kier alpha value is -3.60. The normalized spacial score (nSPS) is 18.2. The zero-order valence-corrected chi connectivity index (χ0v) is 22.1. The van der Waals surface area contributed by atoms with Gasteiger partial charge in [0.25, 0.3) is 0 Å². The number of rotatable bonds is 7. The molecule has 37 heavy (non-hydrogen) atoms. The van der Waals surface area contributed by atoms with Crippen LogP contribution < -0.4 is 14.8 Å². The molecule has 1 aliphatic heterocycles. The Balaban J connectivity index is 1.57. The molecule has 0 bridgehead atoms. The Morgan fingerprint density at radius 3 is 2.62 bits per heavy atom. The van der Waals surface area contributed by atoms with E-state index < -0.39 is 0 Å². The standard InChI is InChI=1S/C32H35NO4/c1-5-6-7-12-28(35)37-26-16-14-21(17-27(26)36-4)31-30-23(18-32(2,3)19-25(30)34)29-22-11-9-8-10-20(22)13-15-24(29)33-31/h8-11,13-17,31,33H,5-7,12,18-19H2,1-4H3. The van der Waals surface area contributed by atoms with Crippen LogP contribution in [-0.2, 0) is 9.59 Å². The number of anilines is 1. The number of carbonyl (C=O) groups is 2. The van der Waals surface area contributed by atoms with Crippen LogP contribution in [-0.4, -0.2) is 18.9 Å². The molecule has 1 N–H and O–H groups in total. The van der Waals surface area contributed by atoms with Gasteiger partial charge >= 0.3 is 5.97 Å². The summed E-state index contributed by atoms with van der Waals surface area (Å²) in [6.07, 6.45) is 4.58. The highest BCUT2D eigenvalue weighted by Gasteiger charge is 2.41. The number of esters is 1. The predicted octanol–water partition coefficient (Wildman–Crippen LogP) is 7.64. The monoisotopic (exact) mass is 497 g/mol. The van der Waals surface area contributed by atoms with Gasteiger partial charge in [0.1, 0.15) is 0 Å². The lowest BCUT2D eigenvalue weighted by Crippen LogP contribution is -2.33. The van der Waals surface area contributed by atoms with Crippen LogP contribution in [0.15, 0.2) is 60.2 Å². The molecule has 0 saturated heterocycles. The van der Waals surface area contributed by atoms with Crippen molar-refractivity contribution in [3.63, 3.8) is 0 Å². The van der Waals surface area contributed by atoms with Gasteiger partial charge in [-0.05, 0) is 58.4 Å². The second-order valence-electron chi connectivity index (χ2n) is 11.0. The highest BCUT2D eigenvalue weighted by atomic mass is 16.6. The Labute approximate surface area is 218 Å². The summed E-state index contributed by atoms with van der Waals surface area (Å²) in [6.45, 7) is 6.44. The molecule has 1 heterocycles. The number of fused-ring (bicyclic) bond motifs is 4. The SMILES string of the molecule is CCCCCC(=O)Oc1ccc(C2Nc3ccc4ccccc4c3C3=C2C(=O)CC(C)(C)C3)cc1OC. The van der Waals surface area contributed by atoms with Crippen LogP contribution in [0.3, 0.4) is 0 Å². The number of benzene rings is 3. The quantitative estimate of drug-likeness (QED) is 0.206. The fraction of sp³-hybridized carbons (Fsp3) is 0.375. The molecule has 0 radical (unpaired) electrons. The third-order valence-electron chi connectivity index (χ3n) is 7.47. The van der Waals surface area contributed by atoms with E-state index in [-0.39, 0.29) is 23.2 Å². The fourth-order valence-corrected chi connectivity index (χ4v) is 5.73. The van der Waals surface area contributed by atoms with E-state index in [1.807, 2.05) is 18.2 Å². The van der Waals surface area contributed by atoms with Crippen LogP contribution in [0.25, 0.3) is 16.3 Å². The summed E-state index contributed by atoms with van der Waals surface area (Å²) in [6, 6.07) is 17.9. The van der Waals surface area contributed by atoms with Gasteiger partial charge in [0.15, 0.2) is 17.3 Å². The van der Waals surface area contributed by atoms with E-state index in [1.165, 1.54) is 0 Å². The third kappa shape index (κ3) is 4.87. The maximum Gasteiger partial charge on any atom is 0.311 e. The van der Waals surface area contributed by atoms with Crippen molar-refractivity contribution in [3.05, 3.63) is 71.3 Å². The Bertz CT molecular complexity index is 1400. The first-order valence-corrected chi connectivity index (χ1v) is 13.2. The first-order valence-electron chi connectivity index (χ1n) is 13.2. The van der Waals surface area contributed by atoms with E-state index in [0.717, 1.165) is 64.4 Å². The van der Waals surface area contributed by atoms with Crippen LogP contribution in [0.4, 0.5) is 5.69 Å². The van der Waals surface area contributed by atoms with Crippen molar-refractivity contribution in [1.82, 2.24) is 0 Å². The zero-order chi connectivity index (χ0) is 26.2. The summed E-state index contributed by atoms with van der Waals surface area (Å²) in [5.41, 5.74) is 4.91. The van der Waals surface area contributed by atoms with Gasteiger partial charge in [-0.1, -0.05) is 70.0 Å². The number of ether oxygens (including phenoxy) is 2. The molecule has 3 aromatic carbocycles. The Morgan fingerprint density at radius 2 is 1.84 bits per heavy atom. The molecule has 1 atom stereocenters. The number of Topliss-reactive ketones (excluding diaryl/α,β-unsaturated/α-hetero) is 1. The van der Waals surface area contributed by atoms with Crippen molar-refractivity contribution in [1.29, 1.82) is 0 Å². The number of ketones is 1. The number of allylic oxidation sites excluding steroid dienone is 1. The van der Waals surface area contributed by atoms with Crippen molar-refractivity contribution in [2.45, 2.75) is 65.3 Å². The van der Waals surface area contributed by atoms with Crippen LogP contribution in [0, 0.1) is 5.41 Å². The Morgan fingerprint density at radius 1 is 1.03 bits per heavy atom. The van der Waals surface area contributed by atoms with Crippen molar-refractivity contribution in [2.75, 3.05) is 12.4 Å². The molecule has 0 aromatic heterocycles. The second kappa shape index (κ2) is 10.0. The highest BCUT2D eigenvalue weighted by molar-refractivity contribution is 6.12. The van der Waals surface area contributed by atoms with Crippen LogP contribution in [0.1, 0.15) is 76.5 Å². The largest absolute Gasteiger partial charge is 0.493 e. The lowest BCUT2D eigenvalue weighted by molar-refractivity contribution is -0.134. The lowest BCUT2D eigenvalue weighted by atomic mass is 9.68. The molecule has 192 valence electrons. The fourth-order valence-electron chi connectivity index (χ4n) is 5.73. The molecular formula is C32H35NO4. The Kier molecular flexibility index (Phi) is 6.80. The number of hydrogen-bond donors (Lipinski definition) is 1. The molecule has 2 aliphatic rings. The van der Waals surface area contributed by atoms with Crippen LogP contribution in [0.5, 0.6) is 11.5 Å². The van der Waals surface area contributed by atoms with Gasteiger partial charge in [-0.25, -0.2) is 0 Å². The zero-order valence-electron chi connectivity index (χ0n) is 22.1. The van der Waals surface area contributed by atoms with E-state index >= 15 is 0 Å². The molecule has 5 heteroatoms. The van der Waals surface area contributed by atoms with Crippen molar-refractivity contribution < 1.29 is 19.1 Å². The van der Waals surface area contributed by atoms with E-state index in [1.54, 1.807) is 13.2 Å². The van der Waals surface area contributed by atoms with E-state index in [9.17, 15) is 9.59 Å². The molecule has 0 spiro atoms. The molecule has 5 rings (SSSR count). The summed E-state index contributed by atoms with van der Waals surface area (Å²) in [5, 5.41) is 5.99. The summed E-state index contributed by atoms with van der Waals surface area (Å²) >= 11 is 0. The van der Waals surface area contributed by atoms with Gasteiger partial charge in [-0.2, -0.15) is 0 Å². The number of carbonyl (C=O) groups excluding carboxylic acids is 2. The predicted molar refractivity (Wildman–Crippen MR) is 148 cm³/mol. The number of hydrogen-bond acceptors (Lipinski definition) is 5. The minimum absolute atomic E-state index is 0.112. The smallest absolute Gasteiger partial charge is 0.311 e. The van der Waals surface area contributed by atoms with E-state index in [0.29, 0.717) is 24.3 Å². The van der Waals surface area contributed by atoms with Crippen molar-refractivity contribution in [2.24, 2.45) is 5.41 Å². The second-order valence-corrected chi connectivity index (χ2v) is 11.0. The summed E-state index contributed by atoms with van der Waals surface area (Å²) in [5.74, 6) is 0.803. The average Bonchev–Trinajstić information content (AvgIpc) is 2.87. The van der Waals surface area contributed by atoms with Crippen LogP contribution in [0.2, 0.25) is 0 Å². The van der Waals surface area contributed by atoms with E-state index in [2.05, 4.69) is 56.4 Å². The molecule has 5 nitrogen and oxygen atoms in total. The summed E-state index contributed by atoms with van der Waals surface area (Å²) in [7, 11) is 1.57. The van der Waals surface area contributed by atoms with Gasteiger partial charge < -0.3 is 14.8 Å². The molecular weight excluding hydrogens is 462 g/mol. The first kappa shape index (κ1) is 25.1. The topological polar surface area (TPSA) is 64.6 Å².